The smallest absolute Gasteiger partial charge is 0.119 e. The van der Waals surface area contributed by atoms with E-state index in [0.717, 1.165) is 17.7 Å². The van der Waals surface area contributed by atoms with Gasteiger partial charge in [0.05, 0.1) is 7.11 Å². The Morgan fingerprint density at radius 3 is 2.94 bits per heavy atom. The van der Waals surface area contributed by atoms with Gasteiger partial charge >= 0.3 is 0 Å². The molecule has 0 amide bonds. The third-order valence-corrected chi connectivity index (χ3v) is 3.29. The van der Waals surface area contributed by atoms with Crippen LogP contribution in [-0.2, 0) is 6.42 Å². The maximum absolute atomic E-state index is 6.16. The Balaban J connectivity index is 2.11. The first-order valence-corrected chi connectivity index (χ1v) is 6.14. The predicted octanol–water partition coefficient (Wildman–Crippen LogP) is 3.00. The molecule has 0 spiro atoms. The molecule has 1 atom stereocenters. The fourth-order valence-corrected chi connectivity index (χ4v) is 2.33. The van der Waals surface area contributed by atoms with Crippen molar-refractivity contribution in [2.75, 3.05) is 7.11 Å². The Labute approximate surface area is 99.7 Å². The molecule has 0 aliphatic rings. The van der Waals surface area contributed by atoms with E-state index in [1.165, 1.54) is 5.56 Å². The Hall–Kier alpha value is -1.32. The van der Waals surface area contributed by atoms with Gasteiger partial charge in [-0.2, -0.15) is 11.3 Å². The van der Waals surface area contributed by atoms with Crippen molar-refractivity contribution in [3.05, 3.63) is 52.2 Å². The van der Waals surface area contributed by atoms with Crippen LogP contribution in [0.2, 0.25) is 0 Å². The fraction of sp³-hybridized carbons (Fsp3) is 0.231. The standard InChI is InChI=1S/C13H15NOS/c1-15-12-4-2-3-11(8-12)13(14)7-10-5-6-16-9-10/h2-6,8-9,13H,7,14H2,1H3. The van der Waals surface area contributed by atoms with Gasteiger partial charge in [-0.15, -0.1) is 0 Å². The highest BCUT2D eigenvalue weighted by Crippen LogP contribution is 2.21. The van der Waals surface area contributed by atoms with Gasteiger partial charge in [-0.3, -0.25) is 0 Å². The molecule has 1 aromatic heterocycles. The van der Waals surface area contributed by atoms with E-state index in [1.807, 2.05) is 24.3 Å². The minimum Gasteiger partial charge on any atom is -0.497 e. The molecule has 0 radical (unpaired) electrons. The number of hydrogen-bond acceptors (Lipinski definition) is 3. The van der Waals surface area contributed by atoms with Crippen LogP contribution in [0.5, 0.6) is 5.75 Å². The second kappa shape index (κ2) is 5.14. The van der Waals surface area contributed by atoms with E-state index in [0.29, 0.717) is 0 Å². The maximum atomic E-state index is 6.16. The van der Waals surface area contributed by atoms with Crippen molar-refractivity contribution in [1.82, 2.24) is 0 Å². The number of nitrogens with two attached hydrogens (primary N) is 1. The van der Waals surface area contributed by atoms with Crippen molar-refractivity contribution in [1.29, 1.82) is 0 Å². The molecule has 1 heterocycles. The maximum Gasteiger partial charge on any atom is 0.119 e. The fourth-order valence-electron chi connectivity index (χ4n) is 1.65. The van der Waals surface area contributed by atoms with Gasteiger partial charge in [-0.05, 0) is 46.5 Å². The summed E-state index contributed by atoms with van der Waals surface area (Å²) >= 11 is 1.70. The zero-order chi connectivity index (χ0) is 11.4. The van der Waals surface area contributed by atoms with Crippen LogP contribution in [0, 0.1) is 0 Å². The van der Waals surface area contributed by atoms with Gasteiger partial charge in [0.1, 0.15) is 5.75 Å². The third-order valence-electron chi connectivity index (χ3n) is 2.56. The van der Waals surface area contributed by atoms with E-state index >= 15 is 0 Å². The normalized spacial score (nSPS) is 12.4. The highest BCUT2D eigenvalue weighted by Gasteiger charge is 2.08. The number of ether oxygens (including phenoxy) is 1. The molecule has 1 aromatic carbocycles. The molecule has 0 fully saturated rings. The van der Waals surface area contributed by atoms with E-state index in [9.17, 15) is 0 Å². The zero-order valence-electron chi connectivity index (χ0n) is 9.22. The van der Waals surface area contributed by atoms with Gasteiger partial charge in [0.25, 0.3) is 0 Å². The third kappa shape index (κ3) is 2.62. The van der Waals surface area contributed by atoms with Gasteiger partial charge in [0, 0.05) is 6.04 Å². The predicted molar refractivity (Wildman–Crippen MR) is 67.9 cm³/mol. The number of thiophene rings is 1. The molecule has 2 aromatic rings. The number of methoxy groups -OCH3 is 1. The summed E-state index contributed by atoms with van der Waals surface area (Å²) in [5.41, 5.74) is 8.57. The van der Waals surface area contributed by atoms with Crippen LogP contribution in [0.3, 0.4) is 0 Å². The van der Waals surface area contributed by atoms with Crippen molar-refractivity contribution in [2.24, 2.45) is 5.73 Å². The molecule has 16 heavy (non-hydrogen) atoms. The second-order valence-corrected chi connectivity index (χ2v) is 4.50. The van der Waals surface area contributed by atoms with Crippen LogP contribution in [0.1, 0.15) is 17.2 Å². The summed E-state index contributed by atoms with van der Waals surface area (Å²) in [6, 6.07) is 10.1. The SMILES string of the molecule is COc1cccc(C(N)Cc2ccsc2)c1. The number of rotatable bonds is 4. The van der Waals surface area contributed by atoms with Crippen molar-refractivity contribution in [3.63, 3.8) is 0 Å². The molecule has 84 valence electrons. The van der Waals surface area contributed by atoms with Gasteiger partial charge < -0.3 is 10.5 Å². The number of benzene rings is 1. The molecule has 0 aliphatic carbocycles. The molecule has 0 saturated heterocycles. The van der Waals surface area contributed by atoms with Crippen LogP contribution in [0.15, 0.2) is 41.1 Å². The first-order chi connectivity index (χ1) is 7.79. The molecule has 0 saturated carbocycles. The topological polar surface area (TPSA) is 35.2 Å². The lowest BCUT2D eigenvalue weighted by atomic mass is 10.0. The van der Waals surface area contributed by atoms with Crippen molar-refractivity contribution < 1.29 is 4.74 Å². The van der Waals surface area contributed by atoms with Gasteiger partial charge in [0.2, 0.25) is 0 Å². The van der Waals surface area contributed by atoms with Gasteiger partial charge in [-0.25, -0.2) is 0 Å². The van der Waals surface area contributed by atoms with E-state index in [1.54, 1.807) is 18.4 Å². The summed E-state index contributed by atoms with van der Waals surface area (Å²) in [5, 5.41) is 4.22. The first kappa shape index (κ1) is 11.2. The molecule has 2 N–H and O–H groups in total. The lowest BCUT2D eigenvalue weighted by molar-refractivity contribution is 0.414. The van der Waals surface area contributed by atoms with Gasteiger partial charge in [-0.1, -0.05) is 12.1 Å². The average Bonchev–Trinajstić information content (AvgIpc) is 2.82. The minimum absolute atomic E-state index is 0.0321. The van der Waals surface area contributed by atoms with Crippen molar-refractivity contribution in [2.45, 2.75) is 12.5 Å². The summed E-state index contributed by atoms with van der Waals surface area (Å²) in [7, 11) is 1.67. The second-order valence-electron chi connectivity index (χ2n) is 3.72. The van der Waals surface area contributed by atoms with E-state index in [-0.39, 0.29) is 6.04 Å². The zero-order valence-corrected chi connectivity index (χ0v) is 10.0. The summed E-state index contributed by atoms with van der Waals surface area (Å²) in [5.74, 6) is 0.860. The summed E-state index contributed by atoms with van der Waals surface area (Å²) in [6.45, 7) is 0. The summed E-state index contributed by atoms with van der Waals surface area (Å²) < 4.78 is 5.19. The minimum atomic E-state index is 0.0321. The lowest BCUT2D eigenvalue weighted by Gasteiger charge is -2.12. The van der Waals surface area contributed by atoms with E-state index < -0.39 is 0 Å². The highest BCUT2D eigenvalue weighted by molar-refractivity contribution is 7.07. The summed E-state index contributed by atoms with van der Waals surface area (Å²) in [4.78, 5) is 0. The van der Waals surface area contributed by atoms with Crippen LogP contribution in [0.25, 0.3) is 0 Å². The molecule has 2 rings (SSSR count). The van der Waals surface area contributed by atoms with Crippen molar-refractivity contribution in [3.8, 4) is 5.75 Å². The van der Waals surface area contributed by atoms with Crippen LogP contribution in [-0.4, -0.2) is 7.11 Å². The monoisotopic (exact) mass is 233 g/mol. The molecular formula is C13H15NOS. The average molecular weight is 233 g/mol. The molecule has 3 heteroatoms. The van der Waals surface area contributed by atoms with Crippen LogP contribution < -0.4 is 10.5 Å². The van der Waals surface area contributed by atoms with E-state index in [2.05, 4.69) is 16.8 Å². The lowest BCUT2D eigenvalue weighted by Crippen LogP contribution is -2.12. The molecule has 1 unspecified atom stereocenters. The Kier molecular flexibility index (Phi) is 3.59. The van der Waals surface area contributed by atoms with Gasteiger partial charge in [0.15, 0.2) is 0 Å². The Bertz CT molecular complexity index is 439. The molecule has 2 nitrogen and oxygen atoms in total. The largest absolute Gasteiger partial charge is 0.497 e. The highest BCUT2D eigenvalue weighted by atomic mass is 32.1. The van der Waals surface area contributed by atoms with E-state index in [4.69, 9.17) is 10.5 Å². The first-order valence-electron chi connectivity index (χ1n) is 5.20. The quantitative estimate of drug-likeness (QED) is 0.881. The molecule has 0 aliphatic heterocycles. The van der Waals surface area contributed by atoms with Crippen LogP contribution >= 0.6 is 11.3 Å². The summed E-state index contributed by atoms with van der Waals surface area (Å²) in [6.07, 6.45) is 0.872. The van der Waals surface area contributed by atoms with Crippen molar-refractivity contribution >= 4 is 11.3 Å². The molecule has 0 bridgehead atoms. The number of hydrogen-bond donors (Lipinski definition) is 1. The Morgan fingerprint density at radius 2 is 2.25 bits per heavy atom. The molecular weight excluding hydrogens is 218 g/mol. The Morgan fingerprint density at radius 1 is 1.38 bits per heavy atom. The van der Waals surface area contributed by atoms with Crippen LogP contribution in [0.4, 0.5) is 0 Å².